The van der Waals surface area contributed by atoms with E-state index in [0.717, 1.165) is 18.4 Å². The minimum Gasteiger partial charge on any atom is -0.192 e. The lowest BCUT2D eigenvalue weighted by molar-refractivity contribution is 0.955. The molecule has 0 atom stereocenters. The van der Waals surface area contributed by atoms with Crippen LogP contribution < -0.4 is 0 Å². The summed E-state index contributed by atoms with van der Waals surface area (Å²) < 4.78 is 0. The fraction of sp³-hybridized carbons (Fsp3) is 0.125. The molecule has 0 N–H and O–H groups in total. The summed E-state index contributed by atoms with van der Waals surface area (Å²) in [6.45, 7) is 0. The van der Waals surface area contributed by atoms with E-state index in [9.17, 15) is 0 Å². The molecule has 0 aromatic heterocycles. The molecule has 0 saturated heterocycles. The molecule has 0 aliphatic heterocycles. The van der Waals surface area contributed by atoms with Crippen molar-refractivity contribution < 1.29 is 0 Å². The third-order valence-electron chi connectivity index (χ3n) is 2.91. The zero-order valence-electron chi connectivity index (χ0n) is 9.93. The molecule has 0 spiro atoms. The zero-order valence-corrected chi connectivity index (χ0v) is 9.93. The molecule has 0 bridgehead atoms. The molecule has 2 aromatic rings. The number of aryl methyl sites for hydroxylation is 2. The van der Waals surface area contributed by atoms with E-state index in [1.165, 1.54) is 5.56 Å². The van der Waals surface area contributed by atoms with Gasteiger partial charge >= 0.3 is 0 Å². The Bertz CT molecular complexity index is 616. The lowest BCUT2D eigenvalue weighted by atomic mass is 9.97. The van der Waals surface area contributed by atoms with Gasteiger partial charge in [0.1, 0.15) is 12.1 Å². The summed E-state index contributed by atoms with van der Waals surface area (Å²) in [4.78, 5) is 0. The van der Waals surface area contributed by atoms with E-state index in [1.54, 1.807) is 6.07 Å². The summed E-state index contributed by atoms with van der Waals surface area (Å²) in [5.41, 5.74) is 3.16. The second-order valence-corrected chi connectivity index (χ2v) is 4.05. The molecule has 0 saturated carbocycles. The second-order valence-electron chi connectivity index (χ2n) is 4.05. The third-order valence-corrected chi connectivity index (χ3v) is 2.91. The molecule has 0 fully saturated rings. The molecule has 2 nitrogen and oxygen atoms in total. The van der Waals surface area contributed by atoms with Crippen molar-refractivity contribution in [3.8, 4) is 12.1 Å². The van der Waals surface area contributed by atoms with Crippen molar-refractivity contribution in [2.75, 3.05) is 0 Å². The van der Waals surface area contributed by atoms with E-state index < -0.39 is 0 Å². The minimum atomic E-state index is 0.461. The molecule has 2 heteroatoms. The van der Waals surface area contributed by atoms with Gasteiger partial charge in [-0.1, -0.05) is 42.5 Å². The van der Waals surface area contributed by atoms with Gasteiger partial charge in [0.2, 0.25) is 0 Å². The lowest BCUT2D eigenvalue weighted by Crippen LogP contribution is -1.97. The summed E-state index contributed by atoms with van der Waals surface area (Å²) in [6, 6.07) is 19.8. The predicted octanol–water partition coefficient (Wildman–Crippen LogP) is 3.22. The van der Waals surface area contributed by atoms with Crippen LogP contribution in [0.4, 0.5) is 0 Å². The van der Waals surface area contributed by atoms with Gasteiger partial charge in [0.05, 0.1) is 11.1 Å². The second kappa shape index (κ2) is 5.66. The fourth-order valence-electron chi connectivity index (χ4n) is 1.96. The van der Waals surface area contributed by atoms with Crippen molar-refractivity contribution in [2.24, 2.45) is 0 Å². The normalized spacial score (nSPS) is 9.44. The van der Waals surface area contributed by atoms with Crippen LogP contribution in [0.1, 0.15) is 22.3 Å². The first-order chi connectivity index (χ1) is 8.85. The Morgan fingerprint density at radius 3 is 2.22 bits per heavy atom. The van der Waals surface area contributed by atoms with E-state index in [4.69, 9.17) is 10.5 Å². The Kier molecular flexibility index (Phi) is 3.74. The van der Waals surface area contributed by atoms with Crippen molar-refractivity contribution in [3.63, 3.8) is 0 Å². The number of hydrogen-bond donors (Lipinski definition) is 0. The Labute approximate surface area is 107 Å². The van der Waals surface area contributed by atoms with E-state index in [2.05, 4.69) is 24.3 Å². The highest BCUT2D eigenvalue weighted by Crippen LogP contribution is 2.15. The number of benzene rings is 2. The van der Waals surface area contributed by atoms with Crippen LogP contribution in [0.25, 0.3) is 0 Å². The summed E-state index contributed by atoms with van der Waals surface area (Å²) in [7, 11) is 0. The molecule has 18 heavy (non-hydrogen) atoms. The number of hydrogen-bond acceptors (Lipinski definition) is 2. The molecule has 0 aliphatic rings. The molecular formula is C16H12N2. The molecule has 0 unspecified atom stereocenters. The number of nitriles is 2. The van der Waals surface area contributed by atoms with E-state index in [-0.39, 0.29) is 0 Å². The highest BCUT2D eigenvalue weighted by Gasteiger charge is 2.07. The average Bonchev–Trinajstić information content (AvgIpc) is 2.45. The van der Waals surface area contributed by atoms with Gasteiger partial charge in [-0.15, -0.1) is 0 Å². The molecule has 0 radical (unpaired) electrons. The van der Waals surface area contributed by atoms with E-state index >= 15 is 0 Å². The van der Waals surface area contributed by atoms with Gasteiger partial charge in [-0.05, 0) is 30.0 Å². The van der Waals surface area contributed by atoms with E-state index in [1.807, 2.05) is 30.3 Å². The monoisotopic (exact) mass is 232 g/mol. The highest BCUT2D eigenvalue weighted by atomic mass is 14.3. The maximum atomic E-state index is 9.13. The van der Waals surface area contributed by atoms with Crippen LogP contribution in [0.2, 0.25) is 0 Å². The lowest BCUT2D eigenvalue weighted by Gasteiger charge is -2.05. The van der Waals surface area contributed by atoms with Crippen LogP contribution in [0, 0.1) is 22.7 Å². The molecule has 0 amide bonds. The number of nitrogens with zero attached hydrogens (tertiary/aromatic N) is 2. The van der Waals surface area contributed by atoms with Crippen LogP contribution in [-0.4, -0.2) is 0 Å². The van der Waals surface area contributed by atoms with Crippen LogP contribution in [-0.2, 0) is 12.8 Å². The predicted molar refractivity (Wildman–Crippen MR) is 69.7 cm³/mol. The Balaban J connectivity index is 2.21. The molecule has 0 aliphatic carbocycles. The maximum Gasteiger partial charge on any atom is 0.101 e. The van der Waals surface area contributed by atoms with E-state index in [0.29, 0.717) is 11.1 Å². The molecule has 0 heterocycles. The molecule has 2 aromatic carbocycles. The topological polar surface area (TPSA) is 47.6 Å². The van der Waals surface area contributed by atoms with Crippen LogP contribution >= 0.6 is 0 Å². The largest absolute Gasteiger partial charge is 0.192 e. The maximum absolute atomic E-state index is 9.13. The highest BCUT2D eigenvalue weighted by molar-refractivity contribution is 5.50. The first-order valence-electron chi connectivity index (χ1n) is 5.81. The van der Waals surface area contributed by atoms with Gasteiger partial charge in [-0.25, -0.2) is 0 Å². The number of rotatable bonds is 3. The van der Waals surface area contributed by atoms with Crippen molar-refractivity contribution in [1.29, 1.82) is 10.5 Å². The summed E-state index contributed by atoms with van der Waals surface area (Å²) in [5, 5.41) is 18.1. The molecule has 2 rings (SSSR count). The smallest absolute Gasteiger partial charge is 0.101 e. The Hall–Kier alpha value is -2.58. The van der Waals surface area contributed by atoms with Crippen LogP contribution in [0.15, 0.2) is 48.5 Å². The van der Waals surface area contributed by atoms with Gasteiger partial charge in [0.25, 0.3) is 0 Å². The van der Waals surface area contributed by atoms with Gasteiger partial charge in [0, 0.05) is 0 Å². The van der Waals surface area contributed by atoms with Crippen molar-refractivity contribution in [3.05, 3.63) is 70.8 Å². The Morgan fingerprint density at radius 2 is 1.56 bits per heavy atom. The van der Waals surface area contributed by atoms with Gasteiger partial charge in [-0.2, -0.15) is 10.5 Å². The standard InChI is InChI=1S/C16H12N2/c17-11-15-8-4-7-14(16(15)12-18)10-9-13-5-2-1-3-6-13/h1-8H,9-10H2. The first-order valence-corrected chi connectivity index (χ1v) is 5.81. The van der Waals surface area contributed by atoms with Crippen LogP contribution in [0.5, 0.6) is 0 Å². The quantitative estimate of drug-likeness (QED) is 0.815. The summed E-state index contributed by atoms with van der Waals surface area (Å²) in [5.74, 6) is 0. The third kappa shape index (κ3) is 2.56. The van der Waals surface area contributed by atoms with Crippen molar-refractivity contribution in [1.82, 2.24) is 0 Å². The summed E-state index contributed by atoms with van der Waals surface area (Å²) in [6.07, 6.45) is 1.66. The summed E-state index contributed by atoms with van der Waals surface area (Å²) >= 11 is 0. The van der Waals surface area contributed by atoms with Gasteiger partial charge in [0.15, 0.2) is 0 Å². The van der Waals surface area contributed by atoms with Crippen LogP contribution in [0.3, 0.4) is 0 Å². The minimum absolute atomic E-state index is 0.461. The fourth-order valence-corrected chi connectivity index (χ4v) is 1.96. The van der Waals surface area contributed by atoms with Gasteiger partial charge in [-0.3, -0.25) is 0 Å². The Morgan fingerprint density at radius 1 is 0.778 bits per heavy atom. The van der Waals surface area contributed by atoms with Crippen molar-refractivity contribution in [2.45, 2.75) is 12.8 Å². The zero-order chi connectivity index (χ0) is 12.8. The molecule has 86 valence electrons. The van der Waals surface area contributed by atoms with Crippen molar-refractivity contribution >= 4 is 0 Å². The first kappa shape index (κ1) is 11.9. The van der Waals surface area contributed by atoms with Gasteiger partial charge < -0.3 is 0 Å². The average molecular weight is 232 g/mol. The SMILES string of the molecule is N#Cc1cccc(CCc2ccccc2)c1C#N. The molecular weight excluding hydrogens is 220 g/mol.